The highest BCUT2D eigenvalue weighted by atomic mass is 32.2. The summed E-state index contributed by atoms with van der Waals surface area (Å²) in [7, 11) is -9.42. The van der Waals surface area contributed by atoms with Crippen LogP contribution in [0, 0.1) is 0 Å². The van der Waals surface area contributed by atoms with Crippen molar-refractivity contribution in [2.45, 2.75) is 43.3 Å². The molecule has 1 aromatic carbocycles. The molecule has 0 saturated heterocycles. The van der Waals surface area contributed by atoms with Gasteiger partial charge >= 0.3 is 12.3 Å². The van der Waals surface area contributed by atoms with Crippen LogP contribution in [0.5, 0.6) is 0 Å². The Hall–Kier alpha value is -1.08. The van der Waals surface area contributed by atoms with Crippen LogP contribution in [0.4, 0.5) is 4.39 Å². The Morgan fingerprint density at radius 3 is 2.08 bits per heavy atom. The van der Waals surface area contributed by atoms with E-state index in [1.165, 1.54) is 45.0 Å². The number of Topliss-reactive ketones (excluding diaryl/α,β-unsaturated/α-hetero) is 1. The summed E-state index contributed by atoms with van der Waals surface area (Å²) < 4.78 is 61.0. The average Bonchev–Trinajstić information content (AvgIpc) is 2.53. The molecule has 0 heterocycles. The van der Waals surface area contributed by atoms with Gasteiger partial charge in [-0.25, -0.2) is 12.8 Å². The zero-order valence-corrected chi connectivity index (χ0v) is 15.6. The molecule has 0 aliphatic heterocycles. The second-order valence-electron chi connectivity index (χ2n) is 5.04. The zero-order valence-electron chi connectivity index (χ0n) is 13.9. The lowest BCUT2D eigenvalue weighted by atomic mass is 10.2. The largest absolute Gasteiger partial charge is 0.383 e. The second-order valence-corrected chi connectivity index (χ2v) is 9.69. The molecule has 0 N–H and O–H groups in total. The van der Waals surface area contributed by atoms with Crippen LogP contribution in [0.25, 0.3) is 0 Å². The van der Waals surface area contributed by atoms with Gasteiger partial charge in [0.2, 0.25) is 9.84 Å². The van der Waals surface area contributed by atoms with Gasteiger partial charge in [-0.05, 0) is 32.9 Å². The molecule has 0 radical (unpaired) electrons. The molecule has 0 aliphatic rings. The molecule has 0 bridgehead atoms. The number of benzene rings is 1. The van der Waals surface area contributed by atoms with E-state index in [0.29, 0.717) is 0 Å². The number of sulfone groups is 1. The minimum Gasteiger partial charge on any atom is -0.306 e. The zero-order chi connectivity index (χ0) is 18.4. The van der Waals surface area contributed by atoms with Gasteiger partial charge in [0, 0.05) is 12.8 Å². The van der Waals surface area contributed by atoms with Gasteiger partial charge in [0.25, 0.3) is 0 Å². The van der Waals surface area contributed by atoms with Crippen molar-refractivity contribution in [2.24, 2.45) is 0 Å². The summed E-state index contributed by atoms with van der Waals surface area (Å²) >= 11 is 0. The number of alkyl halides is 1. The van der Waals surface area contributed by atoms with Crippen LogP contribution in [-0.2, 0) is 28.2 Å². The molecule has 0 aromatic heterocycles. The van der Waals surface area contributed by atoms with Crippen molar-refractivity contribution >= 4 is 23.2 Å². The van der Waals surface area contributed by atoms with Crippen LogP contribution in [-0.4, -0.2) is 32.2 Å². The molecule has 9 heteroatoms. The van der Waals surface area contributed by atoms with Crippen molar-refractivity contribution in [2.75, 3.05) is 13.2 Å². The number of carbonyl (C=O) groups excluding carboxylic acids is 1. The summed E-state index contributed by atoms with van der Waals surface area (Å²) in [5.41, 5.74) is 0. The maximum Gasteiger partial charge on any atom is 0.383 e. The fraction of sp³-hybridized carbons (Fsp3) is 0.533. The van der Waals surface area contributed by atoms with Crippen molar-refractivity contribution in [1.82, 2.24) is 0 Å². The topological polar surface area (TPSA) is 86.7 Å². The van der Waals surface area contributed by atoms with Crippen LogP contribution < -0.4 is 0 Å². The number of carbonyl (C=O) groups is 1. The van der Waals surface area contributed by atoms with E-state index < -0.39 is 40.8 Å². The smallest absolute Gasteiger partial charge is 0.306 e. The number of halogens is 1. The molecule has 0 spiro atoms. The van der Waals surface area contributed by atoms with E-state index in [1.807, 2.05) is 0 Å². The first-order valence-electron chi connectivity index (χ1n) is 7.52. The Labute approximate surface area is 141 Å². The Bertz CT molecular complexity index is 696. The molecule has 1 atom stereocenters. The highest BCUT2D eigenvalue weighted by Crippen LogP contribution is 2.66. The Morgan fingerprint density at radius 2 is 1.67 bits per heavy atom. The molecule has 6 nitrogen and oxygen atoms in total. The first-order valence-corrected chi connectivity index (χ1v) is 10.5. The van der Waals surface area contributed by atoms with Gasteiger partial charge in [-0.1, -0.05) is 18.2 Å². The van der Waals surface area contributed by atoms with Crippen molar-refractivity contribution in [3.05, 3.63) is 30.3 Å². The van der Waals surface area contributed by atoms with E-state index in [9.17, 15) is 17.8 Å². The van der Waals surface area contributed by atoms with E-state index in [4.69, 9.17) is 9.05 Å². The van der Waals surface area contributed by atoms with Crippen LogP contribution in [0.2, 0.25) is 0 Å². The maximum atomic E-state index is 15.8. The molecular formula is C15H22FO6PS. The van der Waals surface area contributed by atoms with E-state index in [-0.39, 0.29) is 18.1 Å². The number of ketones is 1. The SMILES string of the molecule is CCOP(=O)(OCC)[C@](F)(CCC(C)=O)S(=O)(=O)c1ccccc1. The van der Waals surface area contributed by atoms with E-state index in [2.05, 4.69) is 0 Å². The molecule has 0 saturated carbocycles. The summed E-state index contributed by atoms with van der Waals surface area (Å²) in [5.74, 6) is -0.431. The molecule has 1 rings (SSSR count). The van der Waals surface area contributed by atoms with Crippen molar-refractivity contribution in [3.8, 4) is 0 Å². The minimum absolute atomic E-state index is 0.201. The summed E-state index contributed by atoms with van der Waals surface area (Å²) in [6.45, 7) is 3.70. The highest BCUT2D eigenvalue weighted by Gasteiger charge is 2.62. The molecule has 0 amide bonds. The molecule has 24 heavy (non-hydrogen) atoms. The average molecular weight is 380 g/mol. The van der Waals surface area contributed by atoms with Crippen molar-refractivity contribution in [1.29, 1.82) is 0 Å². The lowest BCUT2D eigenvalue weighted by molar-refractivity contribution is -0.117. The van der Waals surface area contributed by atoms with Gasteiger partial charge in [0.05, 0.1) is 18.1 Å². The van der Waals surface area contributed by atoms with Gasteiger partial charge in [-0.3, -0.25) is 4.57 Å². The monoisotopic (exact) mass is 380 g/mol. The minimum atomic E-state index is -4.73. The third-order valence-corrected chi connectivity index (χ3v) is 8.81. The molecule has 1 aromatic rings. The van der Waals surface area contributed by atoms with Crippen LogP contribution in [0.15, 0.2) is 35.2 Å². The maximum absolute atomic E-state index is 15.8. The summed E-state index contributed by atoms with van der Waals surface area (Å²) in [4.78, 5) is 10.9. The third-order valence-electron chi connectivity index (χ3n) is 3.26. The van der Waals surface area contributed by atoms with Crippen molar-refractivity contribution < 1.29 is 31.2 Å². The fourth-order valence-electron chi connectivity index (χ4n) is 2.10. The normalized spacial score (nSPS) is 15.0. The Kier molecular flexibility index (Phi) is 7.28. The Balaban J connectivity index is 3.54. The van der Waals surface area contributed by atoms with E-state index in [0.717, 1.165) is 0 Å². The fourth-order valence-corrected chi connectivity index (χ4v) is 6.68. The number of hydrogen-bond donors (Lipinski definition) is 0. The molecule has 0 unspecified atom stereocenters. The Morgan fingerprint density at radius 1 is 1.17 bits per heavy atom. The van der Waals surface area contributed by atoms with E-state index in [1.54, 1.807) is 6.07 Å². The summed E-state index contributed by atoms with van der Waals surface area (Å²) in [6, 6.07) is 6.80. The first kappa shape index (κ1) is 21.0. The summed E-state index contributed by atoms with van der Waals surface area (Å²) in [5, 5.41) is 0. The number of rotatable bonds is 10. The quantitative estimate of drug-likeness (QED) is 0.575. The molecule has 0 aliphatic carbocycles. The second kappa shape index (κ2) is 8.34. The van der Waals surface area contributed by atoms with Crippen LogP contribution >= 0.6 is 7.60 Å². The van der Waals surface area contributed by atoms with Gasteiger partial charge in [0.1, 0.15) is 5.78 Å². The van der Waals surface area contributed by atoms with Gasteiger partial charge in [0.15, 0.2) is 0 Å². The highest BCUT2D eigenvalue weighted by molar-refractivity contribution is 7.99. The summed E-state index contributed by atoms with van der Waals surface area (Å²) in [6.07, 6.45) is -1.22. The standard InChI is InChI=1S/C15H22FO6PS/c1-4-21-23(18,22-5-2)15(16,12-11-13(3)17)24(19,20)14-9-7-6-8-10-14/h6-10H,4-5,11-12H2,1-3H3/t15-/m1/s1. The molecule has 136 valence electrons. The molecule has 0 fully saturated rings. The van der Waals surface area contributed by atoms with Gasteiger partial charge < -0.3 is 13.8 Å². The van der Waals surface area contributed by atoms with Crippen LogP contribution in [0.1, 0.15) is 33.6 Å². The molecular weight excluding hydrogens is 358 g/mol. The predicted molar refractivity (Wildman–Crippen MR) is 88.2 cm³/mol. The third kappa shape index (κ3) is 4.11. The van der Waals surface area contributed by atoms with Gasteiger partial charge in [-0.2, -0.15) is 0 Å². The predicted octanol–water partition coefficient (Wildman–Crippen LogP) is 3.72. The van der Waals surface area contributed by atoms with Crippen LogP contribution in [0.3, 0.4) is 0 Å². The van der Waals surface area contributed by atoms with Gasteiger partial charge in [-0.15, -0.1) is 0 Å². The van der Waals surface area contributed by atoms with E-state index >= 15 is 4.39 Å². The van der Waals surface area contributed by atoms with Crippen molar-refractivity contribution in [3.63, 3.8) is 0 Å². The first-order chi connectivity index (χ1) is 11.1. The lowest BCUT2D eigenvalue weighted by Crippen LogP contribution is -2.36. The number of hydrogen-bond acceptors (Lipinski definition) is 6. The lowest BCUT2D eigenvalue weighted by Gasteiger charge is -2.31.